The van der Waals surface area contributed by atoms with Gasteiger partial charge in [0, 0.05) is 9.86 Å². The second kappa shape index (κ2) is 5.92. The first-order valence-corrected chi connectivity index (χ1v) is 8.46. The number of hydrogen-bond donors (Lipinski definition) is 1. The molecule has 0 spiro atoms. The Morgan fingerprint density at radius 2 is 1.90 bits per heavy atom. The standard InChI is InChI=1S/C15H19BrN2OS/c1-10(18-20(19)15(2,3)4)13-8-6-11-5-7-12(16)9-14(11)17-13/h5-10,18H,1-4H3/t10?,20-/m1/s1. The van der Waals surface area contributed by atoms with Crippen molar-refractivity contribution in [2.45, 2.75) is 38.5 Å². The molecule has 0 aliphatic carbocycles. The number of nitrogens with one attached hydrogen (secondary N) is 1. The number of nitrogens with zero attached hydrogens (tertiary/aromatic N) is 1. The third kappa shape index (κ3) is 3.65. The maximum Gasteiger partial charge on any atom is 0.0976 e. The molecule has 1 unspecified atom stereocenters. The minimum Gasteiger partial charge on any atom is -0.251 e. The van der Waals surface area contributed by atoms with Crippen LogP contribution in [-0.4, -0.2) is 13.9 Å². The molecule has 2 atom stereocenters. The second-order valence-corrected chi connectivity index (χ2v) is 8.71. The predicted molar refractivity (Wildman–Crippen MR) is 88.9 cm³/mol. The smallest absolute Gasteiger partial charge is 0.0976 e. The molecule has 1 N–H and O–H groups in total. The lowest BCUT2D eigenvalue weighted by Crippen LogP contribution is -2.35. The lowest BCUT2D eigenvalue weighted by molar-refractivity contribution is 0.612. The lowest BCUT2D eigenvalue weighted by Gasteiger charge is -2.21. The van der Waals surface area contributed by atoms with Crippen LogP contribution in [0.2, 0.25) is 0 Å². The van der Waals surface area contributed by atoms with E-state index >= 15 is 0 Å². The zero-order valence-corrected chi connectivity index (χ0v) is 14.5. The maximum absolute atomic E-state index is 12.1. The summed E-state index contributed by atoms with van der Waals surface area (Å²) >= 11 is 3.46. The molecule has 3 nitrogen and oxygen atoms in total. The van der Waals surface area contributed by atoms with Gasteiger partial charge >= 0.3 is 0 Å². The van der Waals surface area contributed by atoms with Crippen molar-refractivity contribution in [3.05, 3.63) is 40.5 Å². The Labute approximate surface area is 130 Å². The largest absolute Gasteiger partial charge is 0.251 e. The van der Waals surface area contributed by atoms with Gasteiger partial charge in [0.25, 0.3) is 0 Å². The molecular formula is C15H19BrN2OS. The fourth-order valence-corrected chi connectivity index (χ4v) is 2.89. The summed E-state index contributed by atoms with van der Waals surface area (Å²) in [6.07, 6.45) is 0. The van der Waals surface area contributed by atoms with Crippen LogP contribution >= 0.6 is 15.9 Å². The van der Waals surface area contributed by atoms with Crippen LogP contribution in [0.15, 0.2) is 34.8 Å². The van der Waals surface area contributed by atoms with Gasteiger partial charge in [0.2, 0.25) is 0 Å². The fourth-order valence-electron chi connectivity index (χ4n) is 1.74. The highest BCUT2D eigenvalue weighted by atomic mass is 79.9. The van der Waals surface area contributed by atoms with Gasteiger partial charge in [0.15, 0.2) is 0 Å². The van der Waals surface area contributed by atoms with Crippen molar-refractivity contribution in [2.24, 2.45) is 0 Å². The van der Waals surface area contributed by atoms with Gasteiger partial charge in [-0.1, -0.05) is 28.1 Å². The molecule has 0 fully saturated rings. The van der Waals surface area contributed by atoms with Crippen molar-refractivity contribution in [3.63, 3.8) is 0 Å². The molecule has 20 heavy (non-hydrogen) atoms. The summed E-state index contributed by atoms with van der Waals surface area (Å²) in [6.45, 7) is 7.84. The number of aromatic nitrogens is 1. The molecule has 0 amide bonds. The van der Waals surface area contributed by atoms with Gasteiger partial charge in [0.05, 0.1) is 33.0 Å². The number of rotatable bonds is 3. The summed E-state index contributed by atoms with van der Waals surface area (Å²) < 4.78 is 16.0. The normalized spacial score (nSPS) is 15.2. The summed E-state index contributed by atoms with van der Waals surface area (Å²) in [7, 11) is -1.11. The summed E-state index contributed by atoms with van der Waals surface area (Å²) in [4.78, 5) is 4.64. The third-order valence-electron chi connectivity index (χ3n) is 2.96. The molecule has 108 valence electrons. The molecule has 0 aliphatic heterocycles. The van der Waals surface area contributed by atoms with Gasteiger partial charge < -0.3 is 0 Å². The van der Waals surface area contributed by atoms with Crippen LogP contribution in [0.4, 0.5) is 0 Å². The van der Waals surface area contributed by atoms with E-state index in [9.17, 15) is 4.21 Å². The zero-order chi connectivity index (χ0) is 14.9. The van der Waals surface area contributed by atoms with Crippen LogP contribution in [0.25, 0.3) is 10.9 Å². The van der Waals surface area contributed by atoms with Crippen LogP contribution in [-0.2, 0) is 11.0 Å². The van der Waals surface area contributed by atoms with E-state index in [0.29, 0.717) is 0 Å². The van der Waals surface area contributed by atoms with Crippen molar-refractivity contribution in [1.29, 1.82) is 0 Å². The van der Waals surface area contributed by atoms with Gasteiger partial charge in [0.1, 0.15) is 0 Å². The topological polar surface area (TPSA) is 42.0 Å². The molecule has 5 heteroatoms. The van der Waals surface area contributed by atoms with Crippen molar-refractivity contribution in [1.82, 2.24) is 9.71 Å². The summed E-state index contributed by atoms with van der Waals surface area (Å²) in [5.41, 5.74) is 1.83. The molecule has 1 aromatic carbocycles. The van der Waals surface area contributed by atoms with Gasteiger partial charge in [-0.05, 0) is 45.9 Å². The SMILES string of the molecule is CC(N[S@](=O)C(C)(C)C)c1ccc2ccc(Br)cc2n1. The van der Waals surface area contributed by atoms with Gasteiger partial charge in [-0.15, -0.1) is 0 Å². The quantitative estimate of drug-likeness (QED) is 0.900. The number of fused-ring (bicyclic) bond motifs is 1. The monoisotopic (exact) mass is 354 g/mol. The second-order valence-electron chi connectivity index (χ2n) is 5.79. The Hall–Kier alpha value is -0.780. The average molecular weight is 355 g/mol. The fraction of sp³-hybridized carbons (Fsp3) is 0.400. The third-order valence-corrected chi connectivity index (χ3v) is 5.13. The molecule has 1 aromatic heterocycles. The van der Waals surface area contributed by atoms with E-state index in [2.05, 4.69) is 25.6 Å². The van der Waals surface area contributed by atoms with Crippen LogP contribution in [0.1, 0.15) is 39.4 Å². The van der Waals surface area contributed by atoms with Crippen molar-refractivity contribution < 1.29 is 4.21 Å². The van der Waals surface area contributed by atoms with Gasteiger partial charge in [-0.3, -0.25) is 4.98 Å². The number of halogens is 1. The summed E-state index contributed by atoms with van der Waals surface area (Å²) in [5, 5.41) is 1.10. The zero-order valence-electron chi connectivity index (χ0n) is 12.1. The van der Waals surface area contributed by atoms with Crippen LogP contribution < -0.4 is 4.72 Å². The van der Waals surface area contributed by atoms with E-state index in [1.54, 1.807) is 0 Å². The predicted octanol–water partition coefficient (Wildman–Crippen LogP) is 4.11. The molecule has 0 bridgehead atoms. The molecule has 2 aromatic rings. The van der Waals surface area contributed by atoms with Crippen LogP contribution in [0, 0.1) is 0 Å². The highest BCUT2D eigenvalue weighted by molar-refractivity contribution is 9.10. The van der Waals surface area contributed by atoms with Gasteiger partial charge in [-0.25, -0.2) is 8.93 Å². The molecule has 1 heterocycles. The van der Waals surface area contributed by atoms with Crippen molar-refractivity contribution in [2.75, 3.05) is 0 Å². The molecule has 0 radical (unpaired) electrons. The highest BCUT2D eigenvalue weighted by Crippen LogP contribution is 2.21. The number of pyridine rings is 1. The molecule has 0 saturated carbocycles. The van der Waals surface area contributed by atoms with Crippen LogP contribution in [0.3, 0.4) is 0 Å². The van der Waals surface area contributed by atoms with E-state index in [4.69, 9.17) is 0 Å². The number of hydrogen-bond acceptors (Lipinski definition) is 2. The van der Waals surface area contributed by atoms with E-state index < -0.39 is 11.0 Å². The molecule has 0 saturated heterocycles. The first-order chi connectivity index (χ1) is 9.27. The van der Waals surface area contributed by atoms with Crippen molar-refractivity contribution >= 4 is 37.8 Å². The van der Waals surface area contributed by atoms with Crippen LogP contribution in [0.5, 0.6) is 0 Å². The molecule has 2 rings (SSSR count). The Bertz CT molecular complexity index is 652. The first kappa shape index (κ1) is 15.6. The Morgan fingerprint density at radius 1 is 1.25 bits per heavy atom. The van der Waals surface area contributed by atoms with Crippen molar-refractivity contribution in [3.8, 4) is 0 Å². The summed E-state index contributed by atoms with van der Waals surface area (Å²) in [6, 6.07) is 9.99. The van der Waals surface area contributed by atoms with E-state index in [-0.39, 0.29) is 10.8 Å². The number of benzene rings is 1. The van der Waals surface area contributed by atoms with E-state index in [0.717, 1.165) is 21.1 Å². The summed E-state index contributed by atoms with van der Waals surface area (Å²) in [5.74, 6) is 0. The van der Waals surface area contributed by atoms with Gasteiger partial charge in [-0.2, -0.15) is 0 Å². The molecular weight excluding hydrogens is 336 g/mol. The Morgan fingerprint density at radius 3 is 2.55 bits per heavy atom. The molecule has 0 aliphatic rings. The Balaban J connectivity index is 2.26. The minimum absolute atomic E-state index is 0.0570. The maximum atomic E-state index is 12.1. The van der Waals surface area contributed by atoms with E-state index in [1.807, 2.05) is 58.0 Å². The highest BCUT2D eigenvalue weighted by Gasteiger charge is 2.22. The Kier molecular flexibility index (Phi) is 4.62. The van der Waals surface area contributed by atoms with E-state index in [1.165, 1.54) is 0 Å². The average Bonchev–Trinajstić information content (AvgIpc) is 2.36. The minimum atomic E-state index is -1.11. The first-order valence-electron chi connectivity index (χ1n) is 6.51. The lowest BCUT2D eigenvalue weighted by atomic mass is 10.1.